The molecule has 0 aliphatic rings. The quantitative estimate of drug-likeness (QED) is 0.436. The molecule has 3 aromatic rings. The average molecular weight is 342 g/mol. The van der Waals surface area contributed by atoms with Crippen LogP contribution in [0.25, 0.3) is 10.9 Å². The number of aromatic hydroxyl groups is 1. The molecule has 0 amide bonds. The highest BCUT2D eigenvalue weighted by Crippen LogP contribution is 2.22. The first-order chi connectivity index (χ1) is 11.6. The summed E-state index contributed by atoms with van der Waals surface area (Å²) >= 11 is 1.27. The maximum absolute atomic E-state index is 12.6. The summed E-state index contributed by atoms with van der Waals surface area (Å²) in [5, 5.41) is 10.3. The topological polar surface area (TPSA) is 85.3 Å². The molecule has 0 saturated heterocycles. The van der Waals surface area contributed by atoms with Gasteiger partial charge in [-0.1, -0.05) is 30.0 Å². The Morgan fingerprint density at radius 1 is 1.33 bits per heavy atom. The lowest BCUT2D eigenvalue weighted by atomic mass is 10.2. The smallest absolute Gasteiger partial charge is 0.262 e. The first-order valence-electron chi connectivity index (χ1n) is 7.14. The van der Waals surface area contributed by atoms with E-state index in [1.165, 1.54) is 22.4 Å². The number of aromatic nitrogens is 2. The molecular weight excluding hydrogens is 328 g/mol. The van der Waals surface area contributed by atoms with Gasteiger partial charge in [0, 0.05) is 12.6 Å². The molecule has 0 bridgehead atoms. The molecule has 0 aliphatic carbocycles. The molecule has 0 radical (unpaired) electrons. The highest BCUT2D eigenvalue weighted by Gasteiger charge is 2.11. The molecule has 24 heavy (non-hydrogen) atoms. The largest absolute Gasteiger partial charge is 0.502 e. The molecule has 2 heterocycles. The van der Waals surface area contributed by atoms with Crippen LogP contribution in [-0.2, 0) is 12.3 Å². The van der Waals surface area contributed by atoms with Crippen molar-refractivity contribution in [3.63, 3.8) is 0 Å². The number of fused-ring (bicyclic) bond motifs is 1. The van der Waals surface area contributed by atoms with Crippen molar-refractivity contribution in [3.8, 4) is 5.75 Å². The lowest BCUT2D eigenvalue weighted by Gasteiger charge is -2.11. The van der Waals surface area contributed by atoms with Crippen molar-refractivity contribution in [1.29, 1.82) is 0 Å². The van der Waals surface area contributed by atoms with Crippen molar-refractivity contribution >= 4 is 22.7 Å². The van der Waals surface area contributed by atoms with Crippen molar-refractivity contribution in [2.24, 2.45) is 0 Å². The molecule has 0 saturated carbocycles. The number of nitrogens with zero attached hydrogens (tertiary/aromatic N) is 2. The van der Waals surface area contributed by atoms with Gasteiger partial charge >= 0.3 is 0 Å². The predicted octanol–water partition coefficient (Wildman–Crippen LogP) is 2.53. The fourth-order valence-electron chi connectivity index (χ4n) is 2.20. The minimum Gasteiger partial charge on any atom is -0.502 e. The van der Waals surface area contributed by atoms with E-state index in [1.54, 1.807) is 24.3 Å². The summed E-state index contributed by atoms with van der Waals surface area (Å²) < 4.78 is 6.70. The van der Waals surface area contributed by atoms with Gasteiger partial charge in [-0.05, 0) is 12.1 Å². The number of benzene rings is 1. The summed E-state index contributed by atoms with van der Waals surface area (Å²) in [6, 6.07) is 8.35. The molecule has 0 fully saturated rings. The Balaban J connectivity index is 1.99. The van der Waals surface area contributed by atoms with Crippen LogP contribution in [0, 0.1) is 0 Å². The molecular formula is C17H14N2O4S. The maximum Gasteiger partial charge on any atom is 0.262 e. The van der Waals surface area contributed by atoms with E-state index in [1.807, 2.05) is 6.07 Å². The number of rotatable bonds is 5. The normalized spacial score (nSPS) is 10.8. The first kappa shape index (κ1) is 16.1. The van der Waals surface area contributed by atoms with Crippen LogP contribution in [0.4, 0.5) is 0 Å². The maximum atomic E-state index is 12.6. The molecule has 7 heteroatoms. The second-order valence-electron chi connectivity index (χ2n) is 5.00. The predicted molar refractivity (Wildman–Crippen MR) is 92.4 cm³/mol. The molecule has 1 aromatic carbocycles. The van der Waals surface area contributed by atoms with E-state index in [9.17, 15) is 14.7 Å². The number of allylic oxidation sites excluding steroid dienone is 1. The number of hydrogen-bond acceptors (Lipinski definition) is 6. The molecule has 0 spiro atoms. The molecule has 2 aromatic heterocycles. The Hall–Kier alpha value is -2.80. The molecule has 3 rings (SSSR count). The lowest BCUT2D eigenvalue weighted by molar-refractivity contribution is 0.419. The molecule has 1 N–H and O–H groups in total. The zero-order valence-electron chi connectivity index (χ0n) is 12.6. The van der Waals surface area contributed by atoms with E-state index in [4.69, 9.17) is 4.42 Å². The van der Waals surface area contributed by atoms with Gasteiger partial charge in [-0.25, -0.2) is 4.98 Å². The summed E-state index contributed by atoms with van der Waals surface area (Å²) in [4.78, 5) is 28.6. The van der Waals surface area contributed by atoms with Gasteiger partial charge in [0.1, 0.15) is 12.0 Å². The SMILES string of the molecule is C=CCn1c(SCc2cc(=O)c(O)co2)nc2ccccc2c1=O. The first-order valence-corrected chi connectivity index (χ1v) is 8.12. The second-order valence-corrected chi connectivity index (χ2v) is 5.94. The molecule has 6 nitrogen and oxygen atoms in total. The van der Waals surface area contributed by atoms with Crippen molar-refractivity contribution in [2.45, 2.75) is 17.5 Å². The highest BCUT2D eigenvalue weighted by molar-refractivity contribution is 7.98. The Bertz CT molecular complexity index is 1020. The third-order valence-electron chi connectivity index (χ3n) is 3.35. The number of hydrogen-bond donors (Lipinski definition) is 1. The summed E-state index contributed by atoms with van der Waals surface area (Å²) in [6.07, 6.45) is 2.63. The van der Waals surface area contributed by atoms with Crippen molar-refractivity contribution < 1.29 is 9.52 Å². The molecule has 0 aliphatic heterocycles. The molecule has 0 unspecified atom stereocenters. The summed E-state index contributed by atoms with van der Waals surface area (Å²) in [6.45, 7) is 4.01. The Labute approximate surface area is 141 Å². The summed E-state index contributed by atoms with van der Waals surface area (Å²) in [7, 11) is 0. The van der Waals surface area contributed by atoms with Gasteiger partial charge in [-0.3, -0.25) is 14.2 Å². The van der Waals surface area contributed by atoms with Crippen molar-refractivity contribution in [1.82, 2.24) is 9.55 Å². The molecule has 0 atom stereocenters. The minimum atomic E-state index is -0.508. The monoisotopic (exact) mass is 342 g/mol. The number of thioether (sulfide) groups is 1. The van der Waals surface area contributed by atoms with Crippen LogP contribution in [0.1, 0.15) is 5.76 Å². The molecule has 122 valence electrons. The van der Waals surface area contributed by atoms with Crippen LogP contribution < -0.4 is 11.0 Å². The van der Waals surface area contributed by atoms with Gasteiger partial charge in [-0.15, -0.1) is 6.58 Å². The van der Waals surface area contributed by atoms with Gasteiger partial charge in [-0.2, -0.15) is 0 Å². The van der Waals surface area contributed by atoms with E-state index < -0.39 is 11.2 Å². The van der Waals surface area contributed by atoms with Crippen LogP contribution in [0.15, 0.2) is 68.4 Å². The third-order valence-corrected chi connectivity index (χ3v) is 4.35. The van der Waals surface area contributed by atoms with Crippen LogP contribution in [0.3, 0.4) is 0 Å². The fourth-order valence-corrected chi connectivity index (χ4v) is 3.10. The minimum absolute atomic E-state index is 0.143. The Morgan fingerprint density at radius 3 is 2.88 bits per heavy atom. The van der Waals surface area contributed by atoms with E-state index in [2.05, 4.69) is 11.6 Å². The number of para-hydroxylation sites is 1. The van der Waals surface area contributed by atoms with Crippen LogP contribution >= 0.6 is 11.8 Å². The van der Waals surface area contributed by atoms with Gasteiger partial charge in [0.05, 0.1) is 16.7 Å². The average Bonchev–Trinajstić information content (AvgIpc) is 2.59. The van der Waals surface area contributed by atoms with Gasteiger partial charge in [0.2, 0.25) is 5.43 Å². The van der Waals surface area contributed by atoms with E-state index in [-0.39, 0.29) is 5.56 Å². The zero-order chi connectivity index (χ0) is 17.1. The third kappa shape index (κ3) is 3.11. The van der Waals surface area contributed by atoms with Crippen LogP contribution in [0.2, 0.25) is 0 Å². The van der Waals surface area contributed by atoms with Gasteiger partial charge in [0.25, 0.3) is 5.56 Å². The Morgan fingerprint density at radius 2 is 2.12 bits per heavy atom. The van der Waals surface area contributed by atoms with E-state index in [0.29, 0.717) is 34.1 Å². The van der Waals surface area contributed by atoms with Crippen LogP contribution in [-0.4, -0.2) is 14.7 Å². The second kappa shape index (κ2) is 6.76. The summed E-state index contributed by atoms with van der Waals surface area (Å²) in [5.74, 6) is 0.253. The van der Waals surface area contributed by atoms with E-state index >= 15 is 0 Å². The fraction of sp³-hybridized carbons (Fsp3) is 0.118. The van der Waals surface area contributed by atoms with Gasteiger partial charge < -0.3 is 9.52 Å². The summed E-state index contributed by atoms with van der Waals surface area (Å²) in [5.41, 5.74) is -0.0422. The van der Waals surface area contributed by atoms with Crippen molar-refractivity contribution in [3.05, 3.63) is 75.6 Å². The standard InChI is InChI=1S/C17H14N2O4S/c1-2-7-19-16(22)12-5-3-4-6-13(12)18-17(19)24-10-11-8-14(20)15(21)9-23-11/h2-6,8-9,21H,1,7,10H2. The Kier molecular flexibility index (Phi) is 4.52. The van der Waals surface area contributed by atoms with E-state index in [0.717, 1.165) is 6.26 Å². The lowest BCUT2D eigenvalue weighted by Crippen LogP contribution is -2.22. The zero-order valence-corrected chi connectivity index (χ0v) is 13.5. The van der Waals surface area contributed by atoms with Crippen molar-refractivity contribution in [2.75, 3.05) is 0 Å². The van der Waals surface area contributed by atoms with Gasteiger partial charge in [0.15, 0.2) is 10.9 Å². The van der Waals surface area contributed by atoms with Crippen LogP contribution in [0.5, 0.6) is 5.75 Å². The highest BCUT2D eigenvalue weighted by atomic mass is 32.2.